The van der Waals surface area contributed by atoms with E-state index in [4.69, 9.17) is 34.6 Å². The van der Waals surface area contributed by atoms with Crippen LogP contribution in [-0.4, -0.2) is 116 Å². The molecule has 2 aromatic heterocycles. The molecule has 2 aliphatic rings. The fraction of sp³-hybridized carbons (Fsp3) is 0.333. The van der Waals surface area contributed by atoms with Crippen LogP contribution in [0, 0.1) is 13.8 Å². The van der Waals surface area contributed by atoms with Crippen LogP contribution in [0.4, 0.5) is 0 Å². The van der Waals surface area contributed by atoms with E-state index in [1.165, 1.54) is 14.2 Å². The Morgan fingerprint density at radius 1 is 0.662 bits per heavy atom. The number of esters is 2. The van der Waals surface area contributed by atoms with Gasteiger partial charge >= 0.3 is 30.8 Å². The summed E-state index contributed by atoms with van der Waals surface area (Å²) in [5.74, 6) is 1.20. The Kier molecular flexibility index (Phi) is 20.7. The number of halogens is 1. The van der Waals surface area contributed by atoms with Gasteiger partial charge in [0.1, 0.15) is 17.3 Å². The molecule has 2 aliphatic heterocycles. The second-order valence-corrected chi connectivity index (χ2v) is 18.6. The molecule has 0 bridgehead atoms. The van der Waals surface area contributed by atoms with E-state index in [1.54, 1.807) is 79.7 Å². The monoisotopic (exact) mass is 982 g/mol. The van der Waals surface area contributed by atoms with Crippen molar-refractivity contribution in [3.63, 3.8) is 0 Å². The molecule has 16 nitrogen and oxygen atoms in total. The van der Waals surface area contributed by atoms with E-state index in [1.807, 2.05) is 31.2 Å². The van der Waals surface area contributed by atoms with Gasteiger partial charge in [-0.2, -0.15) is 0 Å². The number of morpholine rings is 2. The number of hydrogen-bond donors (Lipinski definition) is 0. The maximum absolute atomic E-state index is 13.0. The minimum Gasteiger partial charge on any atom is -0.768 e. The Balaban J connectivity index is 0.000000208. The maximum atomic E-state index is 13.0. The van der Waals surface area contributed by atoms with Crippen molar-refractivity contribution in [1.29, 1.82) is 0 Å². The summed E-state index contributed by atoms with van der Waals surface area (Å²) < 4.78 is 78.5. The van der Waals surface area contributed by atoms with Gasteiger partial charge in [0.15, 0.2) is 9.84 Å². The summed E-state index contributed by atoms with van der Waals surface area (Å²) in [6.45, 7) is 11.8. The van der Waals surface area contributed by atoms with Crippen LogP contribution >= 0.6 is 11.6 Å². The summed E-state index contributed by atoms with van der Waals surface area (Å²) in [4.78, 5) is 36.7. The van der Waals surface area contributed by atoms with Gasteiger partial charge in [-0.3, -0.25) is 14.0 Å². The van der Waals surface area contributed by atoms with Crippen LogP contribution < -0.4 is 18.9 Å². The van der Waals surface area contributed by atoms with Crippen molar-refractivity contribution in [1.82, 2.24) is 19.8 Å². The van der Waals surface area contributed by atoms with Crippen LogP contribution in [0.1, 0.15) is 54.8 Å². The molecule has 0 spiro atoms. The Bertz CT molecular complexity index is 2690. The van der Waals surface area contributed by atoms with E-state index in [2.05, 4.69) is 24.5 Å². The average molecular weight is 983 g/mol. The van der Waals surface area contributed by atoms with Crippen LogP contribution in [0.15, 0.2) is 116 Å². The summed E-state index contributed by atoms with van der Waals surface area (Å²) in [5.41, 5.74) is 5.61. The predicted molar refractivity (Wildman–Crippen MR) is 249 cm³/mol. The van der Waals surface area contributed by atoms with Gasteiger partial charge in [-0.25, -0.2) is 28.0 Å². The SMILES string of the molecule is COC(=O)c1ccc(-c2nc(CCl)c(C)o2)cc1.COC(=O)c1ccc(-c2nc(CS(=O)(=O)c3ccc(CN4CCOCC4)cc3)c(C)o2)cc1.O=S([O-])c1ccc(CN2CCOCC2)cc1.[Li+]. The Morgan fingerprint density at radius 2 is 1.06 bits per heavy atom. The van der Waals surface area contributed by atoms with Crippen LogP contribution in [0.2, 0.25) is 0 Å². The first-order chi connectivity index (χ1) is 32.3. The van der Waals surface area contributed by atoms with E-state index < -0.39 is 26.9 Å². The molecular formula is C48H52ClLiN4O12S2. The van der Waals surface area contributed by atoms with Gasteiger partial charge in [0.2, 0.25) is 11.8 Å². The summed E-state index contributed by atoms with van der Waals surface area (Å²) in [7, 11) is -0.928. The molecule has 0 N–H and O–H groups in total. The van der Waals surface area contributed by atoms with Gasteiger partial charge in [-0.1, -0.05) is 24.3 Å². The topological polar surface area (TPSA) is 204 Å². The molecular weight excluding hydrogens is 931 g/mol. The molecule has 4 heterocycles. The van der Waals surface area contributed by atoms with Crippen molar-refractivity contribution in [2.45, 2.75) is 48.4 Å². The fourth-order valence-electron chi connectivity index (χ4n) is 6.90. The van der Waals surface area contributed by atoms with Crippen molar-refractivity contribution in [2.24, 2.45) is 0 Å². The summed E-state index contributed by atoms with van der Waals surface area (Å²) in [6.07, 6.45) is 0. The maximum Gasteiger partial charge on any atom is 1.00 e. The number of carbonyl (C=O) groups is 2. The Labute approximate surface area is 415 Å². The van der Waals surface area contributed by atoms with Crippen molar-refractivity contribution in [3.05, 3.63) is 142 Å². The van der Waals surface area contributed by atoms with Crippen LogP contribution in [0.3, 0.4) is 0 Å². The first-order valence-corrected chi connectivity index (χ1v) is 24.5. The Morgan fingerprint density at radius 3 is 1.44 bits per heavy atom. The summed E-state index contributed by atoms with van der Waals surface area (Å²) in [5, 5.41) is 0. The molecule has 0 radical (unpaired) electrons. The third-order valence-electron chi connectivity index (χ3n) is 10.8. The number of oxazole rings is 2. The predicted octanol–water partition coefficient (Wildman–Crippen LogP) is 4.18. The number of hydrogen-bond acceptors (Lipinski definition) is 16. The first kappa shape index (κ1) is 54.0. The van der Waals surface area contributed by atoms with Gasteiger partial charge in [-0.05, 0) is 109 Å². The van der Waals surface area contributed by atoms with Crippen molar-refractivity contribution in [3.8, 4) is 22.9 Å². The van der Waals surface area contributed by atoms with Crippen molar-refractivity contribution in [2.75, 3.05) is 66.8 Å². The van der Waals surface area contributed by atoms with E-state index in [-0.39, 0.29) is 35.5 Å². The van der Waals surface area contributed by atoms with Crippen LogP contribution in [0.5, 0.6) is 0 Å². The smallest absolute Gasteiger partial charge is 0.768 e. The normalized spacial score (nSPS) is 14.6. The standard InChI is InChI=1S/C24H26N2O6S.C13H12ClNO3.C11H15NO3S.Li/c1-17-22(25-23(32-17)19-5-7-20(8-6-19)24(27)30-2)16-33(28,29)21-9-3-18(4-10-21)15-26-11-13-31-14-12-26;1-8-11(7-14)15-12(18-8)9-3-5-10(6-4-9)13(16)17-2;13-16(14)11-3-1-10(2-4-11)9-12-5-7-15-8-6-12;/h3-10H,11-16H2,1-2H3;3-6H,7H2,1-2H3;1-4H,5-9H2,(H,13,14);/q;;;+1/p-1. The average Bonchev–Trinajstić information content (AvgIpc) is 3.92. The van der Waals surface area contributed by atoms with Crippen LogP contribution in [0.25, 0.3) is 22.9 Å². The molecule has 1 unspecified atom stereocenters. The molecule has 2 saturated heterocycles. The first-order valence-electron chi connectivity index (χ1n) is 21.2. The summed E-state index contributed by atoms with van der Waals surface area (Å²) in [6, 6.07) is 27.4. The molecule has 68 heavy (non-hydrogen) atoms. The number of aryl methyl sites for hydroxylation is 2. The third kappa shape index (κ3) is 15.3. The van der Waals surface area contributed by atoms with Gasteiger partial charge in [0, 0.05) is 55.3 Å². The van der Waals surface area contributed by atoms with E-state index in [0.29, 0.717) is 56.5 Å². The van der Waals surface area contributed by atoms with Crippen LogP contribution in [-0.2, 0) is 64.6 Å². The molecule has 20 heteroatoms. The van der Waals surface area contributed by atoms with Gasteiger partial charge < -0.3 is 32.3 Å². The minimum absolute atomic E-state index is 0. The van der Waals surface area contributed by atoms with Crippen molar-refractivity contribution >= 4 is 44.5 Å². The number of nitrogens with zero attached hydrogens (tertiary/aromatic N) is 4. The third-order valence-corrected chi connectivity index (χ3v) is 13.3. The number of carbonyl (C=O) groups excluding carboxylic acids is 2. The number of rotatable bonds is 13. The van der Waals surface area contributed by atoms with Gasteiger partial charge in [-0.15, -0.1) is 11.6 Å². The minimum atomic E-state index is -3.59. The van der Waals surface area contributed by atoms with E-state index >= 15 is 0 Å². The molecule has 2 fully saturated rings. The zero-order valence-electron chi connectivity index (χ0n) is 38.6. The largest absolute Gasteiger partial charge is 1.00 e. The molecule has 0 aliphatic carbocycles. The fourth-order valence-corrected chi connectivity index (χ4v) is 8.85. The molecule has 1 atom stereocenters. The number of ether oxygens (including phenoxy) is 4. The number of benzene rings is 4. The summed E-state index contributed by atoms with van der Waals surface area (Å²) >= 11 is 3.61. The molecule has 0 saturated carbocycles. The molecule has 0 amide bonds. The van der Waals surface area contributed by atoms with Gasteiger partial charge in [0.25, 0.3) is 0 Å². The quantitative estimate of drug-likeness (QED) is 0.0690. The second kappa shape index (κ2) is 26.1. The molecule has 6 aromatic rings. The second-order valence-electron chi connectivity index (χ2n) is 15.4. The molecule has 4 aromatic carbocycles. The molecule has 8 rings (SSSR count). The number of methoxy groups -OCH3 is 2. The van der Waals surface area contributed by atoms with Crippen molar-refractivity contribution < 1.29 is 73.4 Å². The number of sulfone groups is 1. The van der Waals surface area contributed by atoms with E-state index in [0.717, 1.165) is 88.1 Å². The van der Waals surface area contributed by atoms with Gasteiger partial charge in [0.05, 0.1) is 73.9 Å². The van der Waals surface area contributed by atoms with E-state index in [9.17, 15) is 26.8 Å². The Hall–Kier alpha value is -4.97. The number of alkyl halides is 1. The zero-order chi connectivity index (χ0) is 47.9. The number of aromatic nitrogens is 2. The molecule has 356 valence electrons. The zero-order valence-corrected chi connectivity index (χ0v) is 41.0.